The Kier molecular flexibility index (Phi) is 4.20. The summed E-state index contributed by atoms with van der Waals surface area (Å²) in [6, 6.07) is 9.07. The van der Waals surface area contributed by atoms with E-state index in [2.05, 4.69) is 27.5 Å². The van der Waals surface area contributed by atoms with Crippen LogP contribution in [0.4, 0.5) is 0 Å². The second kappa shape index (κ2) is 6.26. The van der Waals surface area contributed by atoms with Crippen molar-refractivity contribution in [2.75, 3.05) is 13.7 Å². The van der Waals surface area contributed by atoms with E-state index in [0.717, 1.165) is 24.5 Å². The summed E-state index contributed by atoms with van der Waals surface area (Å²) >= 11 is 0. The molecule has 1 N–H and O–H groups in total. The van der Waals surface area contributed by atoms with Gasteiger partial charge in [0, 0.05) is 26.1 Å². The van der Waals surface area contributed by atoms with Crippen LogP contribution in [-0.4, -0.2) is 34.5 Å². The Balaban J connectivity index is 1.39. The topological polar surface area (TPSA) is 52.0 Å². The van der Waals surface area contributed by atoms with Gasteiger partial charge in [0.1, 0.15) is 12.1 Å². The molecule has 0 aliphatic heterocycles. The highest BCUT2D eigenvalue weighted by molar-refractivity contribution is 5.30. The molecule has 0 unspecified atom stereocenters. The molecule has 1 aliphatic carbocycles. The predicted octanol–water partition coefficient (Wildman–Crippen LogP) is 1.90. The van der Waals surface area contributed by atoms with Gasteiger partial charge in [-0.3, -0.25) is 4.68 Å². The molecule has 0 amide bonds. The molecule has 21 heavy (non-hydrogen) atoms. The predicted molar refractivity (Wildman–Crippen MR) is 81.5 cm³/mol. The second-order valence-electron chi connectivity index (χ2n) is 5.68. The Bertz CT molecular complexity index is 572. The van der Waals surface area contributed by atoms with Crippen LogP contribution in [0.5, 0.6) is 5.75 Å². The van der Waals surface area contributed by atoms with Crippen LogP contribution in [0.3, 0.4) is 0 Å². The SMILES string of the molecule is COc1ccc(C2CC(NCCc3ncn(C)n3)C2)cc1. The maximum absolute atomic E-state index is 5.19. The van der Waals surface area contributed by atoms with Gasteiger partial charge < -0.3 is 10.1 Å². The van der Waals surface area contributed by atoms with E-state index in [9.17, 15) is 0 Å². The summed E-state index contributed by atoms with van der Waals surface area (Å²) in [4.78, 5) is 4.24. The van der Waals surface area contributed by atoms with Gasteiger partial charge in [-0.15, -0.1) is 0 Å². The number of hydrogen-bond acceptors (Lipinski definition) is 4. The molecular weight excluding hydrogens is 264 g/mol. The monoisotopic (exact) mass is 286 g/mol. The fraction of sp³-hybridized carbons (Fsp3) is 0.500. The second-order valence-corrected chi connectivity index (χ2v) is 5.68. The largest absolute Gasteiger partial charge is 0.497 e. The Morgan fingerprint density at radius 3 is 2.67 bits per heavy atom. The first-order valence-corrected chi connectivity index (χ1v) is 7.46. The van der Waals surface area contributed by atoms with Crippen molar-refractivity contribution >= 4 is 0 Å². The smallest absolute Gasteiger partial charge is 0.151 e. The van der Waals surface area contributed by atoms with Gasteiger partial charge in [-0.05, 0) is 36.5 Å². The molecule has 1 heterocycles. The number of benzene rings is 1. The standard InChI is InChI=1S/C16H22N4O/c1-20-11-18-16(19-20)7-8-17-14-9-13(10-14)12-3-5-15(21-2)6-4-12/h3-6,11,13-14,17H,7-10H2,1-2H3. The maximum Gasteiger partial charge on any atom is 0.151 e. The Hall–Kier alpha value is -1.88. The number of methoxy groups -OCH3 is 1. The van der Waals surface area contributed by atoms with E-state index in [1.807, 2.05) is 19.2 Å². The van der Waals surface area contributed by atoms with Gasteiger partial charge in [-0.2, -0.15) is 5.10 Å². The van der Waals surface area contributed by atoms with Crippen LogP contribution in [-0.2, 0) is 13.5 Å². The molecular formula is C16H22N4O. The van der Waals surface area contributed by atoms with E-state index >= 15 is 0 Å². The van der Waals surface area contributed by atoms with Crippen molar-refractivity contribution in [1.82, 2.24) is 20.1 Å². The summed E-state index contributed by atoms with van der Waals surface area (Å²) < 4.78 is 6.94. The molecule has 0 atom stereocenters. The molecule has 0 spiro atoms. The van der Waals surface area contributed by atoms with Gasteiger partial charge >= 0.3 is 0 Å². The zero-order valence-electron chi connectivity index (χ0n) is 12.6. The minimum atomic E-state index is 0.626. The molecule has 1 saturated carbocycles. The Morgan fingerprint density at radius 2 is 2.05 bits per heavy atom. The van der Waals surface area contributed by atoms with Crippen molar-refractivity contribution in [3.8, 4) is 5.75 Å². The van der Waals surface area contributed by atoms with E-state index in [1.165, 1.54) is 18.4 Å². The van der Waals surface area contributed by atoms with Gasteiger partial charge in [0.25, 0.3) is 0 Å². The summed E-state index contributed by atoms with van der Waals surface area (Å²) in [5.74, 6) is 2.52. The number of hydrogen-bond donors (Lipinski definition) is 1. The fourth-order valence-corrected chi connectivity index (χ4v) is 2.82. The summed E-state index contributed by atoms with van der Waals surface area (Å²) in [5, 5.41) is 7.87. The Morgan fingerprint density at radius 1 is 1.29 bits per heavy atom. The van der Waals surface area contributed by atoms with E-state index in [1.54, 1.807) is 18.1 Å². The average Bonchev–Trinajstić information content (AvgIpc) is 2.87. The summed E-state index contributed by atoms with van der Waals surface area (Å²) in [5.41, 5.74) is 1.42. The van der Waals surface area contributed by atoms with Crippen molar-refractivity contribution < 1.29 is 4.74 Å². The van der Waals surface area contributed by atoms with Crippen molar-refractivity contribution in [2.45, 2.75) is 31.2 Å². The summed E-state index contributed by atoms with van der Waals surface area (Å²) in [7, 11) is 3.60. The molecule has 0 radical (unpaired) electrons. The molecule has 2 aromatic rings. The fourth-order valence-electron chi connectivity index (χ4n) is 2.82. The minimum Gasteiger partial charge on any atom is -0.497 e. The molecule has 5 nitrogen and oxygen atoms in total. The van der Waals surface area contributed by atoms with Crippen LogP contribution in [0.15, 0.2) is 30.6 Å². The van der Waals surface area contributed by atoms with Crippen molar-refractivity contribution in [3.05, 3.63) is 42.0 Å². The van der Waals surface area contributed by atoms with Gasteiger partial charge in [-0.25, -0.2) is 4.98 Å². The first kappa shape index (κ1) is 14.1. The van der Waals surface area contributed by atoms with Gasteiger partial charge in [0.05, 0.1) is 7.11 Å². The molecule has 0 bridgehead atoms. The van der Waals surface area contributed by atoms with Crippen LogP contribution in [0.1, 0.15) is 30.1 Å². The first-order valence-electron chi connectivity index (χ1n) is 7.46. The third-order valence-corrected chi connectivity index (χ3v) is 4.15. The lowest BCUT2D eigenvalue weighted by Gasteiger charge is -2.36. The molecule has 1 aromatic heterocycles. The van der Waals surface area contributed by atoms with Gasteiger partial charge in [0.15, 0.2) is 5.82 Å². The molecule has 1 aliphatic rings. The average molecular weight is 286 g/mol. The van der Waals surface area contributed by atoms with Crippen molar-refractivity contribution in [3.63, 3.8) is 0 Å². The molecule has 3 rings (SSSR count). The lowest BCUT2D eigenvalue weighted by molar-refractivity contribution is 0.292. The highest BCUT2D eigenvalue weighted by Crippen LogP contribution is 2.37. The third kappa shape index (κ3) is 3.42. The molecule has 5 heteroatoms. The number of rotatable bonds is 6. The highest BCUT2D eigenvalue weighted by atomic mass is 16.5. The molecule has 0 saturated heterocycles. The van der Waals surface area contributed by atoms with E-state index < -0.39 is 0 Å². The van der Waals surface area contributed by atoms with Crippen molar-refractivity contribution in [1.29, 1.82) is 0 Å². The first-order chi connectivity index (χ1) is 10.2. The molecule has 1 fully saturated rings. The third-order valence-electron chi connectivity index (χ3n) is 4.15. The lowest BCUT2D eigenvalue weighted by atomic mass is 9.76. The number of ether oxygens (including phenoxy) is 1. The Labute approximate surface area is 125 Å². The number of aryl methyl sites for hydroxylation is 1. The zero-order valence-corrected chi connectivity index (χ0v) is 12.6. The van der Waals surface area contributed by atoms with Crippen LogP contribution >= 0.6 is 0 Å². The van der Waals surface area contributed by atoms with Crippen LogP contribution in [0.25, 0.3) is 0 Å². The van der Waals surface area contributed by atoms with Crippen LogP contribution in [0, 0.1) is 0 Å². The number of nitrogens with one attached hydrogen (secondary N) is 1. The highest BCUT2D eigenvalue weighted by Gasteiger charge is 2.29. The quantitative estimate of drug-likeness (QED) is 0.881. The summed E-state index contributed by atoms with van der Waals surface area (Å²) in [6.45, 7) is 0.948. The van der Waals surface area contributed by atoms with E-state index in [-0.39, 0.29) is 0 Å². The lowest BCUT2D eigenvalue weighted by Crippen LogP contribution is -2.41. The molecule has 112 valence electrons. The normalized spacial score (nSPS) is 21.0. The van der Waals surface area contributed by atoms with E-state index in [0.29, 0.717) is 12.0 Å². The maximum atomic E-state index is 5.19. The van der Waals surface area contributed by atoms with Crippen LogP contribution < -0.4 is 10.1 Å². The van der Waals surface area contributed by atoms with Crippen molar-refractivity contribution in [2.24, 2.45) is 7.05 Å². The van der Waals surface area contributed by atoms with E-state index in [4.69, 9.17) is 4.74 Å². The minimum absolute atomic E-state index is 0.626. The number of aromatic nitrogens is 3. The van der Waals surface area contributed by atoms with Gasteiger partial charge in [0.2, 0.25) is 0 Å². The summed E-state index contributed by atoms with van der Waals surface area (Å²) in [6.07, 6.45) is 5.06. The van der Waals surface area contributed by atoms with Crippen LogP contribution in [0.2, 0.25) is 0 Å². The van der Waals surface area contributed by atoms with Gasteiger partial charge in [-0.1, -0.05) is 12.1 Å². The number of nitrogens with zero attached hydrogens (tertiary/aromatic N) is 3. The molecule has 1 aromatic carbocycles. The zero-order chi connectivity index (χ0) is 14.7.